The summed E-state index contributed by atoms with van der Waals surface area (Å²) in [6, 6.07) is 26.8. The average Bonchev–Trinajstić information content (AvgIpc) is 2.87. The number of esters is 1. The van der Waals surface area contributed by atoms with E-state index in [0.29, 0.717) is 5.70 Å². The van der Waals surface area contributed by atoms with E-state index in [9.17, 15) is 9.59 Å². The van der Waals surface area contributed by atoms with Crippen LogP contribution >= 0.6 is 0 Å². The van der Waals surface area contributed by atoms with Crippen LogP contribution in [0.5, 0.6) is 0 Å². The van der Waals surface area contributed by atoms with Gasteiger partial charge in [0.05, 0.1) is 6.04 Å². The molecule has 1 heterocycles. The molecule has 4 rings (SSSR count). The van der Waals surface area contributed by atoms with Gasteiger partial charge in [0.2, 0.25) is 0 Å². The Hall–Kier alpha value is -4.06. The minimum atomic E-state index is -0.737. The van der Waals surface area contributed by atoms with Gasteiger partial charge in [0.1, 0.15) is 12.5 Å². The lowest BCUT2D eigenvalue weighted by Crippen LogP contribution is -2.51. The van der Waals surface area contributed by atoms with Crippen molar-refractivity contribution in [3.8, 4) is 0 Å². The van der Waals surface area contributed by atoms with Crippen LogP contribution < -0.4 is 15.5 Å². The Balaban J connectivity index is 1.50. The van der Waals surface area contributed by atoms with E-state index in [4.69, 9.17) is 4.74 Å². The Labute approximate surface area is 200 Å². The number of carbonyl (C=O) groups is 2. The van der Waals surface area contributed by atoms with Gasteiger partial charge >= 0.3 is 12.0 Å². The molecular weight excluding hydrogens is 426 g/mol. The number of nitrogens with one attached hydrogen (secondary N) is 2. The van der Waals surface area contributed by atoms with Crippen molar-refractivity contribution in [3.63, 3.8) is 0 Å². The summed E-state index contributed by atoms with van der Waals surface area (Å²) in [6.07, 6.45) is 0. The van der Waals surface area contributed by atoms with Crippen LogP contribution in [0.15, 0.2) is 97.2 Å². The molecule has 0 radical (unpaired) electrons. The van der Waals surface area contributed by atoms with Crippen LogP contribution in [0.2, 0.25) is 0 Å². The SMILES string of the molecule is C=C1NC(=O)NC(c2ccc(N(CC)Cc3ccccc3)cc2)C1C(=O)OCc1ccccc1. The molecule has 2 amide bonds. The Morgan fingerprint density at radius 1 is 0.941 bits per heavy atom. The predicted molar refractivity (Wildman–Crippen MR) is 133 cm³/mol. The van der Waals surface area contributed by atoms with Crippen LogP contribution in [0, 0.1) is 5.92 Å². The third-order valence-electron chi connectivity index (χ3n) is 5.96. The number of carbonyl (C=O) groups excluding carboxylic acids is 2. The smallest absolute Gasteiger partial charge is 0.319 e. The van der Waals surface area contributed by atoms with Gasteiger partial charge in [-0.25, -0.2) is 4.79 Å². The molecule has 0 bridgehead atoms. The maximum absolute atomic E-state index is 13.0. The summed E-state index contributed by atoms with van der Waals surface area (Å²) in [5.74, 6) is -1.17. The maximum atomic E-state index is 13.0. The highest BCUT2D eigenvalue weighted by atomic mass is 16.5. The van der Waals surface area contributed by atoms with Crippen molar-refractivity contribution >= 4 is 17.7 Å². The molecule has 6 heteroatoms. The highest BCUT2D eigenvalue weighted by Crippen LogP contribution is 2.32. The average molecular weight is 456 g/mol. The van der Waals surface area contributed by atoms with Gasteiger partial charge in [-0.05, 0) is 35.7 Å². The van der Waals surface area contributed by atoms with Crippen molar-refractivity contribution in [1.29, 1.82) is 0 Å². The molecular formula is C28H29N3O3. The van der Waals surface area contributed by atoms with Crippen molar-refractivity contribution in [3.05, 3.63) is 114 Å². The summed E-state index contributed by atoms with van der Waals surface area (Å²) >= 11 is 0. The minimum absolute atomic E-state index is 0.161. The molecule has 0 spiro atoms. The molecule has 3 aromatic rings. The van der Waals surface area contributed by atoms with Crippen molar-refractivity contribution in [2.45, 2.75) is 26.1 Å². The van der Waals surface area contributed by atoms with E-state index in [2.05, 4.69) is 41.2 Å². The van der Waals surface area contributed by atoms with Crippen molar-refractivity contribution < 1.29 is 14.3 Å². The summed E-state index contributed by atoms with van der Waals surface area (Å²) in [7, 11) is 0. The first kappa shape index (κ1) is 23.1. The quantitative estimate of drug-likeness (QED) is 0.472. The number of amides is 2. The number of urea groups is 1. The topological polar surface area (TPSA) is 70.7 Å². The molecule has 1 aliphatic rings. The molecule has 2 unspecified atom stereocenters. The zero-order chi connectivity index (χ0) is 23.9. The number of anilines is 1. The normalized spacial score (nSPS) is 17.4. The zero-order valence-corrected chi connectivity index (χ0v) is 19.2. The van der Waals surface area contributed by atoms with Gasteiger partial charge in [-0.3, -0.25) is 4.79 Å². The van der Waals surface area contributed by atoms with Crippen molar-refractivity contribution in [2.24, 2.45) is 5.92 Å². The van der Waals surface area contributed by atoms with Crippen LogP contribution in [-0.2, 0) is 22.7 Å². The van der Waals surface area contributed by atoms with Gasteiger partial charge in [-0.2, -0.15) is 0 Å². The van der Waals surface area contributed by atoms with Gasteiger partial charge in [0.15, 0.2) is 0 Å². The Bertz CT molecular complexity index is 1130. The lowest BCUT2D eigenvalue weighted by molar-refractivity contribution is -0.149. The Kier molecular flexibility index (Phi) is 7.28. The summed E-state index contributed by atoms with van der Waals surface area (Å²) in [6.45, 7) is 7.85. The lowest BCUT2D eigenvalue weighted by atomic mass is 9.89. The van der Waals surface area contributed by atoms with Gasteiger partial charge in [-0.15, -0.1) is 0 Å². The first-order valence-corrected chi connectivity index (χ1v) is 11.4. The lowest BCUT2D eigenvalue weighted by Gasteiger charge is -2.33. The Morgan fingerprint density at radius 2 is 1.56 bits per heavy atom. The molecule has 3 aromatic carbocycles. The van der Waals surface area contributed by atoms with E-state index in [0.717, 1.165) is 29.9 Å². The maximum Gasteiger partial charge on any atom is 0.319 e. The predicted octanol–water partition coefficient (Wildman–Crippen LogP) is 4.94. The second-order valence-corrected chi connectivity index (χ2v) is 8.26. The van der Waals surface area contributed by atoms with Gasteiger partial charge < -0.3 is 20.3 Å². The van der Waals surface area contributed by atoms with Crippen LogP contribution in [0.3, 0.4) is 0 Å². The summed E-state index contributed by atoms with van der Waals surface area (Å²) < 4.78 is 5.57. The summed E-state index contributed by atoms with van der Waals surface area (Å²) in [4.78, 5) is 27.5. The second-order valence-electron chi connectivity index (χ2n) is 8.26. The number of hydrogen-bond acceptors (Lipinski definition) is 4. The molecule has 0 aromatic heterocycles. The number of ether oxygens (including phenoxy) is 1. The van der Waals surface area contributed by atoms with E-state index in [-0.39, 0.29) is 12.6 Å². The molecule has 1 aliphatic heterocycles. The monoisotopic (exact) mass is 455 g/mol. The van der Waals surface area contributed by atoms with E-state index in [1.165, 1.54) is 5.56 Å². The second kappa shape index (κ2) is 10.7. The van der Waals surface area contributed by atoms with E-state index in [1.807, 2.05) is 72.8 Å². The number of nitrogens with zero attached hydrogens (tertiary/aromatic N) is 1. The fraction of sp³-hybridized carbons (Fsp3) is 0.214. The largest absolute Gasteiger partial charge is 0.460 e. The third-order valence-corrected chi connectivity index (χ3v) is 5.96. The number of benzene rings is 3. The molecule has 34 heavy (non-hydrogen) atoms. The first-order chi connectivity index (χ1) is 16.5. The van der Waals surface area contributed by atoms with E-state index in [1.54, 1.807) is 0 Å². The first-order valence-electron chi connectivity index (χ1n) is 11.4. The third kappa shape index (κ3) is 5.46. The molecule has 6 nitrogen and oxygen atoms in total. The molecule has 2 N–H and O–H groups in total. The number of rotatable bonds is 8. The Morgan fingerprint density at radius 3 is 2.18 bits per heavy atom. The molecule has 1 saturated heterocycles. The molecule has 0 aliphatic carbocycles. The highest BCUT2D eigenvalue weighted by molar-refractivity contribution is 5.85. The van der Waals surface area contributed by atoms with Crippen molar-refractivity contribution in [1.82, 2.24) is 10.6 Å². The van der Waals surface area contributed by atoms with Crippen molar-refractivity contribution in [2.75, 3.05) is 11.4 Å². The summed E-state index contributed by atoms with van der Waals surface area (Å²) in [5, 5.41) is 5.49. The van der Waals surface area contributed by atoms with Crippen LogP contribution in [0.25, 0.3) is 0 Å². The molecule has 0 saturated carbocycles. The van der Waals surface area contributed by atoms with Crippen LogP contribution in [-0.4, -0.2) is 18.5 Å². The molecule has 2 atom stereocenters. The standard InChI is InChI=1S/C28H29N3O3/c1-3-31(18-21-10-6-4-7-11-21)24-16-14-23(15-17-24)26-25(20(2)29-28(33)30-26)27(32)34-19-22-12-8-5-9-13-22/h4-17,25-26H,2-3,18-19H2,1H3,(H2,29,30,33). The zero-order valence-electron chi connectivity index (χ0n) is 19.2. The molecule has 174 valence electrons. The highest BCUT2D eigenvalue weighted by Gasteiger charge is 2.39. The van der Waals surface area contributed by atoms with Crippen LogP contribution in [0.1, 0.15) is 29.7 Å². The fourth-order valence-electron chi connectivity index (χ4n) is 4.14. The minimum Gasteiger partial charge on any atom is -0.460 e. The molecule has 1 fully saturated rings. The van der Waals surface area contributed by atoms with Gasteiger partial charge in [0, 0.05) is 24.5 Å². The fourth-order valence-corrected chi connectivity index (χ4v) is 4.14. The number of hydrogen-bond donors (Lipinski definition) is 2. The van der Waals surface area contributed by atoms with E-state index >= 15 is 0 Å². The van der Waals surface area contributed by atoms with Gasteiger partial charge in [-0.1, -0.05) is 79.4 Å². The van der Waals surface area contributed by atoms with Gasteiger partial charge in [0.25, 0.3) is 0 Å². The van der Waals surface area contributed by atoms with Crippen LogP contribution in [0.4, 0.5) is 10.5 Å². The van der Waals surface area contributed by atoms with E-state index < -0.39 is 17.9 Å². The summed E-state index contributed by atoms with van der Waals surface area (Å²) in [5.41, 5.74) is 4.34.